The highest BCUT2D eigenvalue weighted by Crippen LogP contribution is 2.33. The van der Waals surface area contributed by atoms with Crippen molar-refractivity contribution < 1.29 is 9.59 Å². The Balaban J connectivity index is 2.22. The largest absolute Gasteiger partial charge is 0.353 e. The predicted octanol–water partition coefficient (Wildman–Crippen LogP) is 3.20. The lowest BCUT2D eigenvalue weighted by atomic mass is 10.0. The molecule has 94 valence electrons. The van der Waals surface area contributed by atoms with E-state index >= 15 is 0 Å². The molecule has 2 aromatic rings. The van der Waals surface area contributed by atoms with Gasteiger partial charge in [-0.25, -0.2) is 0 Å². The van der Waals surface area contributed by atoms with Crippen molar-refractivity contribution in [1.82, 2.24) is 0 Å². The highest BCUT2D eigenvalue weighted by atomic mass is 16.2. The zero-order valence-corrected chi connectivity index (χ0v) is 10.4. The minimum absolute atomic E-state index is 0.125. The molecule has 0 aromatic heterocycles. The summed E-state index contributed by atoms with van der Waals surface area (Å²) in [4.78, 5) is 23.9. The minimum atomic E-state index is -0.266. The van der Waals surface area contributed by atoms with E-state index in [0.29, 0.717) is 22.5 Å². The fourth-order valence-electron chi connectivity index (χ4n) is 2.23. The topological polar surface area (TPSA) is 58.2 Å². The Morgan fingerprint density at radius 3 is 2.21 bits per heavy atom. The maximum atomic E-state index is 12.3. The molecule has 0 aliphatic carbocycles. The Labute approximate surface area is 110 Å². The molecule has 0 fully saturated rings. The number of benzene rings is 2. The van der Waals surface area contributed by atoms with Crippen LogP contribution in [0.15, 0.2) is 42.5 Å². The number of amides is 1. The lowest BCUT2D eigenvalue weighted by Gasteiger charge is -2.09. The molecule has 0 spiro atoms. The molecule has 0 unspecified atom stereocenters. The molecule has 19 heavy (non-hydrogen) atoms. The number of ketones is 1. The summed E-state index contributed by atoms with van der Waals surface area (Å²) < 4.78 is 0. The zero-order valence-electron chi connectivity index (χ0n) is 10.4. The summed E-state index contributed by atoms with van der Waals surface area (Å²) in [6, 6.07) is 12.7. The van der Waals surface area contributed by atoms with Gasteiger partial charge in [0.05, 0.1) is 22.6 Å². The summed E-state index contributed by atoms with van der Waals surface area (Å²) in [5.41, 5.74) is 2.99. The van der Waals surface area contributed by atoms with Gasteiger partial charge in [0.25, 0.3) is 5.91 Å². The maximum absolute atomic E-state index is 12.3. The number of carbonyl (C=O) groups is 2. The third kappa shape index (κ3) is 1.87. The summed E-state index contributed by atoms with van der Waals surface area (Å²) in [6.45, 7) is 1.46. The van der Waals surface area contributed by atoms with Crippen LogP contribution in [0.3, 0.4) is 0 Å². The van der Waals surface area contributed by atoms with Gasteiger partial charge in [0.2, 0.25) is 0 Å². The van der Waals surface area contributed by atoms with E-state index in [2.05, 4.69) is 10.6 Å². The number of anilines is 3. The van der Waals surface area contributed by atoms with Gasteiger partial charge in [-0.15, -0.1) is 0 Å². The Morgan fingerprint density at radius 2 is 1.53 bits per heavy atom. The van der Waals surface area contributed by atoms with Crippen molar-refractivity contribution in [3.63, 3.8) is 0 Å². The lowest BCUT2D eigenvalue weighted by molar-refractivity contribution is 0.0986. The molecule has 4 nitrogen and oxygen atoms in total. The van der Waals surface area contributed by atoms with E-state index in [1.54, 1.807) is 18.2 Å². The van der Waals surface area contributed by atoms with Gasteiger partial charge in [0.1, 0.15) is 0 Å². The molecule has 4 heteroatoms. The molecule has 2 aromatic carbocycles. The molecule has 3 rings (SSSR count). The SMILES string of the molecule is CC(=O)c1cccc2c1C(=O)Nc1ccccc1N2. The molecule has 0 atom stereocenters. The Morgan fingerprint density at radius 1 is 0.895 bits per heavy atom. The smallest absolute Gasteiger partial charge is 0.258 e. The molecule has 0 saturated heterocycles. The Bertz CT molecular complexity index is 692. The van der Waals surface area contributed by atoms with Crippen molar-refractivity contribution in [2.75, 3.05) is 10.6 Å². The first-order valence-electron chi connectivity index (χ1n) is 5.98. The van der Waals surface area contributed by atoms with Gasteiger partial charge in [-0.1, -0.05) is 24.3 Å². The molecule has 0 saturated carbocycles. The number of hydrogen-bond acceptors (Lipinski definition) is 3. The monoisotopic (exact) mass is 252 g/mol. The van der Waals surface area contributed by atoms with E-state index in [1.807, 2.05) is 24.3 Å². The lowest BCUT2D eigenvalue weighted by Crippen LogP contribution is -2.15. The van der Waals surface area contributed by atoms with E-state index in [0.717, 1.165) is 5.69 Å². The van der Waals surface area contributed by atoms with Gasteiger partial charge in [0.15, 0.2) is 5.78 Å². The van der Waals surface area contributed by atoms with E-state index in [4.69, 9.17) is 0 Å². The van der Waals surface area contributed by atoms with Gasteiger partial charge >= 0.3 is 0 Å². The highest BCUT2D eigenvalue weighted by Gasteiger charge is 2.23. The van der Waals surface area contributed by atoms with E-state index in [-0.39, 0.29) is 11.7 Å². The van der Waals surface area contributed by atoms with Gasteiger partial charge in [0, 0.05) is 5.56 Å². The number of nitrogens with one attached hydrogen (secondary N) is 2. The number of hydrogen-bond donors (Lipinski definition) is 2. The first kappa shape index (κ1) is 11.5. The average Bonchev–Trinajstić information content (AvgIpc) is 2.54. The number of para-hydroxylation sites is 2. The van der Waals surface area contributed by atoms with Crippen LogP contribution >= 0.6 is 0 Å². The summed E-state index contributed by atoms with van der Waals surface area (Å²) in [6.07, 6.45) is 0. The molecular formula is C15H12N2O2. The van der Waals surface area contributed by atoms with Gasteiger partial charge in [-0.3, -0.25) is 9.59 Å². The molecular weight excluding hydrogens is 240 g/mol. The third-order valence-corrected chi connectivity index (χ3v) is 3.12. The Hall–Kier alpha value is -2.62. The van der Waals surface area contributed by atoms with Crippen LogP contribution in [0.1, 0.15) is 27.6 Å². The fraction of sp³-hybridized carbons (Fsp3) is 0.0667. The third-order valence-electron chi connectivity index (χ3n) is 3.12. The summed E-state index contributed by atoms with van der Waals surface area (Å²) in [7, 11) is 0. The van der Waals surface area contributed by atoms with Gasteiger partial charge < -0.3 is 10.6 Å². The number of rotatable bonds is 1. The molecule has 2 N–H and O–H groups in total. The minimum Gasteiger partial charge on any atom is -0.353 e. The predicted molar refractivity (Wildman–Crippen MR) is 74.1 cm³/mol. The number of carbonyl (C=O) groups excluding carboxylic acids is 2. The van der Waals surface area contributed by atoms with Crippen molar-refractivity contribution in [1.29, 1.82) is 0 Å². The van der Waals surface area contributed by atoms with Crippen molar-refractivity contribution >= 4 is 28.8 Å². The summed E-state index contributed by atoms with van der Waals surface area (Å²) in [5, 5.41) is 6.01. The number of Topliss-reactive ketones (excluding diaryl/α,β-unsaturated/α-hetero) is 1. The molecule has 0 bridgehead atoms. The van der Waals surface area contributed by atoms with Crippen molar-refractivity contribution in [3.05, 3.63) is 53.6 Å². The maximum Gasteiger partial charge on any atom is 0.258 e. The van der Waals surface area contributed by atoms with E-state index < -0.39 is 0 Å². The normalized spacial score (nSPS) is 12.6. The first-order valence-corrected chi connectivity index (χ1v) is 5.98. The standard InChI is InChI=1S/C15H12N2O2/c1-9(18)10-5-4-8-13-14(10)15(19)17-12-7-3-2-6-11(12)16-13/h2-8,16H,1H3,(H,17,19). The average molecular weight is 252 g/mol. The van der Waals surface area contributed by atoms with Crippen molar-refractivity contribution in [2.24, 2.45) is 0 Å². The van der Waals surface area contributed by atoms with Crippen LogP contribution < -0.4 is 10.6 Å². The van der Waals surface area contributed by atoms with Crippen LogP contribution in [0.5, 0.6) is 0 Å². The summed E-state index contributed by atoms with van der Waals surface area (Å²) >= 11 is 0. The zero-order chi connectivity index (χ0) is 13.4. The first-order chi connectivity index (χ1) is 9.16. The van der Waals surface area contributed by atoms with Crippen LogP contribution in [0.25, 0.3) is 0 Å². The number of fused-ring (bicyclic) bond motifs is 2. The second-order valence-electron chi connectivity index (χ2n) is 4.41. The fourth-order valence-corrected chi connectivity index (χ4v) is 2.23. The second kappa shape index (κ2) is 4.24. The molecule has 0 radical (unpaired) electrons. The van der Waals surface area contributed by atoms with Crippen LogP contribution in [0, 0.1) is 0 Å². The molecule has 1 aliphatic heterocycles. The molecule has 1 amide bonds. The van der Waals surface area contributed by atoms with Gasteiger partial charge in [-0.2, -0.15) is 0 Å². The van der Waals surface area contributed by atoms with Crippen molar-refractivity contribution in [3.8, 4) is 0 Å². The van der Waals surface area contributed by atoms with Gasteiger partial charge in [-0.05, 0) is 25.1 Å². The van der Waals surface area contributed by atoms with Crippen LogP contribution in [-0.4, -0.2) is 11.7 Å². The quantitative estimate of drug-likeness (QED) is 0.766. The van der Waals surface area contributed by atoms with Crippen LogP contribution in [0.4, 0.5) is 17.1 Å². The molecule has 1 aliphatic rings. The molecule has 1 heterocycles. The summed E-state index contributed by atoms with van der Waals surface area (Å²) in [5.74, 6) is -0.391. The second-order valence-corrected chi connectivity index (χ2v) is 4.41. The van der Waals surface area contributed by atoms with Crippen LogP contribution in [-0.2, 0) is 0 Å². The van der Waals surface area contributed by atoms with E-state index in [1.165, 1.54) is 6.92 Å². The Kier molecular flexibility index (Phi) is 2.56. The van der Waals surface area contributed by atoms with Crippen LogP contribution in [0.2, 0.25) is 0 Å². The van der Waals surface area contributed by atoms with Crippen molar-refractivity contribution in [2.45, 2.75) is 6.92 Å². The van der Waals surface area contributed by atoms with E-state index in [9.17, 15) is 9.59 Å². The highest BCUT2D eigenvalue weighted by molar-refractivity contribution is 6.17.